The zero-order chi connectivity index (χ0) is 22.8. The standard InChI is InChI=1S/C22H22N4O4S2/c1-3-14(12-27)23-18-16(20(28)25-8-4-6-13(2)19(25)24-18)10-17-21(29)26(22(31)32-17)11-15-7-5-9-30-15/h4-10,14,23,27H,3,11-12H2,1-2H3/b17-10-/t14-/m1/s1. The van der Waals surface area contributed by atoms with Crippen molar-refractivity contribution in [2.45, 2.75) is 32.9 Å². The summed E-state index contributed by atoms with van der Waals surface area (Å²) >= 11 is 6.52. The molecular formula is C22H22N4O4S2. The number of thioether (sulfide) groups is 1. The third-order valence-corrected chi connectivity index (χ3v) is 6.56. The Bertz CT molecular complexity index is 1260. The van der Waals surface area contributed by atoms with Crippen molar-refractivity contribution in [2.24, 2.45) is 0 Å². The van der Waals surface area contributed by atoms with Crippen LogP contribution in [0.15, 0.2) is 50.8 Å². The second kappa shape index (κ2) is 9.27. The van der Waals surface area contributed by atoms with Crippen LogP contribution in [0.4, 0.5) is 5.82 Å². The van der Waals surface area contributed by atoms with Crippen molar-refractivity contribution in [3.8, 4) is 0 Å². The van der Waals surface area contributed by atoms with Gasteiger partial charge >= 0.3 is 0 Å². The number of nitrogens with zero attached hydrogens (tertiary/aromatic N) is 3. The molecule has 1 aliphatic rings. The summed E-state index contributed by atoms with van der Waals surface area (Å²) in [5, 5.41) is 12.8. The molecule has 0 bridgehead atoms. The highest BCUT2D eigenvalue weighted by Gasteiger charge is 2.33. The van der Waals surface area contributed by atoms with Crippen molar-refractivity contribution in [3.05, 3.63) is 68.9 Å². The van der Waals surface area contributed by atoms with E-state index in [1.807, 2.05) is 19.9 Å². The van der Waals surface area contributed by atoms with Crippen LogP contribution in [0.5, 0.6) is 0 Å². The van der Waals surface area contributed by atoms with E-state index in [2.05, 4.69) is 10.3 Å². The first-order valence-corrected chi connectivity index (χ1v) is 11.3. The normalized spacial score (nSPS) is 16.3. The number of furan rings is 1. The molecule has 166 valence electrons. The first-order chi connectivity index (χ1) is 15.4. The van der Waals surface area contributed by atoms with E-state index < -0.39 is 0 Å². The molecule has 10 heteroatoms. The van der Waals surface area contributed by atoms with Gasteiger partial charge in [0.1, 0.15) is 21.5 Å². The number of hydrogen-bond acceptors (Lipinski definition) is 8. The van der Waals surface area contributed by atoms with E-state index >= 15 is 0 Å². The molecule has 4 heterocycles. The third-order valence-electron chi connectivity index (χ3n) is 5.18. The summed E-state index contributed by atoms with van der Waals surface area (Å²) in [4.78, 5) is 32.8. The minimum absolute atomic E-state index is 0.115. The number of fused-ring (bicyclic) bond motifs is 1. The first-order valence-electron chi connectivity index (χ1n) is 10.1. The van der Waals surface area contributed by atoms with Gasteiger partial charge in [0.25, 0.3) is 11.5 Å². The maximum Gasteiger partial charge on any atom is 0.267 e. The van der Waals surface area contributed by atoms with Gasteiger partial charge in [-0.3, -0.25) is 18.9 Å². The molecule has 32 heavy (non-hydrogen) atoms. The van der Waals surface area contributed by atoms with E-state index in [0.717, 1.165) is 17.3 Å². The van der Waals surface area contributed by atoms with Crippen LogP contribution in [0.2, 0.25) is 0 Å². The molecule has 1 saturated heterocycles. The van der Waals surface area contributed by atoms with Crippen LogP contribution >= 0.6 is 24.0 Å². The van der Waals surface area contributed by atoms with Crippen molar-refractivity contribution in [2.75, 3.05) is 11.9 Å². The van der Waals surface area contributed by atoms with E-state index in [1.54, 1.807) is 24.4 Å². The number of rotatable bonds is 7. The molecule has 0 spiro atoms. The van der Waals surface area contributed by atoms with E-state index in [-0.39, 0.29) is 36.2 Å². The number of amides is 1. The quantitative estimate of drug-likeness (QED) is 0.401. The van der Waals surface area contributed by atoms with Crippen LogP contribution in [0.3, 0.4) is 0 Å². The highest BCUT2D eigenvalue weighted by molar-refractivity contribution is 8.26. The molecule has 1 amide bonds. The minimum Gasteiger partial charge on any atom is -0.467 e. The molecule has 1 atom stereocenters. The van der Waals surface area contributed by atoms with E-state index in [9.17, 15) is 14.7 Å². The monoisotopic (exact) mass is 470 g/mol. The number of hydrogen-bond donors (Lipinski definition) is 2. The van der Waals surface area contributed by atoms with Gasteiger partial charge in [-0.25, -0.2) is 4.98 Å². The summed E-state index contributed by atoms with van der Waals surface area (Å²) in [6.07, 6.45) is 5.34. The van der Waals surface area contributed by atoms with Gasteiger partial charge in [-0.2, -0.15) is 0 Å². The largest absolute Gasteiger partial charge is 0.467 e. The lowest BCUT2D eigenvalue weighted by molar-refractivity contribution is -0.122. The second-order valence-corrected chi connectivity index (χ2v) is 9.02. The predicted octanol–water partition coefficient (Wildman–Crippen LogP) is 3.18. The van der Waals surface area contributed by atoms with Gasteiger partial charge in [-0.15, -0.1) is 0 Å². The molecule has 0 unspecified atom stereocenters. The SMILES string of the molecule is CC[C@H](CO)Nc1nc2c(C)cccn2c(=O)c1/C=C1\SC(=S)N(Cc2ccco2)C1=O. The van der Waals surface area contributed by atoms with Crippen molar-refractivity contribution in [1.29, 1.82) is 0 Å². The highest BCUT2D eigenvalue weighted by atomic mass is 32.2. The lowest BCUT2D eigenvalue weighted by atomic mass is 10.2. The van der Waals surface area contributed by atoms with Gasteiger partial charge < -0.3 is 14.8 Å². The Morgan fingerprint density at radius 1 is 1.34 bits per heavy atom. The molecule has 3 aromatic heterocycles. The molecule has 8 nitrogen and oxygen atoms in total. The molecule has 0 radical (unpaired) electrons. The molecule has 4 rings (SSSR count). The van der Waals surface area contributed by atoms with Crippen LogP contribution in [-0.2, 0) is 11.3 Å². The average molecular weight is 471 g/mol. The summed E-state index contributed by atoms with van der Waals surface area (Å²) in [5.41, 5.74) is 1.26. The maximum atomic E-state index is 13.4. The van der Waals surface area contributed by atoms with E-state index in [4.69, 9.17) is 16.6 Å². The summed E-state index contributed by atoms with van der Waals surface area (Å²) in [6, 6.07) is 6.87. The number of thiocarbonyl (C=S) groups is 1. The number of aromatic nitrogens is 2. The molecule has 0 aromatic carbocycles. The molecule has 0 aliphatic carbocycles. The Morgan fingerprint density at radius 3 is 2.84 bits per heavy atom. The molecular weight excluding hydrogens is 448 g/mol. The maximum absolute atomic E-state index is 13.4. The van der Waals surface area contributed by atoms with Gasteiger partial charge in [-0.1, -0.05) is 37.0 Å². The molecule has 1 fully saturated rings. The predicted molar refractivity (Wildman–Crippen MR) is 128 cm³/mol. The number of aliphatic hydroxyl groups excluding tert-OH is 1. The number of anilines is 1. The van der Waals surface area contributed by atoms with Gasteiger partial charge in [0, 0.05) is 6.20 Å². The fraction of sp³-hybridized carbons (Fsp3) is 0.273. The smallest absolute Gasteiger partial charge is 0.267 e. The van der Waals surface area contributed by atoms with Gasteiger partial charge in [0.2, 0.25) is 0 Å². The van der Waals surface area contributed by atoms with E-state index in [1.165, 1.54) is 21.6 Å². The van der Waals surface area contributed by atoms with Crippen molar-refractivity contribution in [3.63, 3.8) is 0 Å². The third kappa shape index (κ3) is 4.21. The van der Waals surface area contributed by atoms with Crippen LogP contribution < -0.4 is 10.9 Å². The number of carbonyl (C=O) groups excluding carboxylic acids is 1. The number of nitrogens with one attached hydrogen (secondary N) is 1. The molecule has 1 aliphatic heterocycles. The lowest BCUT2D eigenvalue weighted by Crippen LogP contribution is -2.28. The number of pyridine rings is 1. The minimum atomic E-state index is -0.315. The number of aryl methyl sites for hydroxylation is 1. The average Bonchev–Trinajstić information content (AvgIpc) is 3.39. The second-order valence-electron chi connectivity index (χ2n) is 7.34. The van der Waals surface area contributed by atoms with Crippen molar-refractivity contribution >= 4 is 51.7 Å². The summed E-state index contributed by atoms with van der Waals surface area (Å²) in [5.74, 6) is 0.633. The number of carbonyl (C=O) groups is 1. The summed E-state index contributed by atoms with van der Waals surface area (Å²) in [6.45, 7) is 3.90. The summed E-state index contributed by atoms with van der Waals surface area (Å²) < 4.78 is 7.17. The zero-order valence-corrected chi connectivity index (χ0v) is 19.2. The topological polar surface area (TPSA) is 100 Å². The summed E-state index contributed by atoms with van der Waals surface area (Å²) in [7, 11) is 0. The van der Waals surface area contributed by atoms with Crippen molar-refractivity contribution < 1.29 is 14.3 Å². The Labute approximate surface area is 193 Å². The van der Waals surface area contributed by atoms with Gasteiger partial charge in [0.05, 0.1) is 35.9 Å². The van der Waals surface area contributed by atoms with Crippen LogP contribution in [-0.4, -0.2) is 42.3 Å². The molecule has 2 N–H and O–H groups in total. The first kappa shape index (κ1) is 22.3. The highest BCUT2D eigenvalue weighted by Crippen LogP contribution is 2.34. The fourth-order valence-corrected chi connectivity index (χ4v) is 4.58. The van der Waals surface area contributed by atoms with Crippen LogP contribution in [0.25, 0.3) is 11.7 Å². The van der Waals surface area contributed by atoms with Gasteiger partial charge in [-0.05, 0) is 43.2 Å². The Morgan fingerprint density at radius 2 is 2.16 bits per heavy atom. The molecule has 0 saturated carbocycles. The lowest BCUT2D eigenvalue weighted by Gasteiger charge is -2.17. The van der Waals surface area contributed by atoms with Crippen LogP contribution in [0, 0.1) is 6.92 Å². The molecule has 3 aromatic rings. The van der Waals surface area contributed by atoms with Gasteiger partial charge in [0.15, 0.2) is 0 Å². The fourth-order valence-electron chi connectivity index (χ4n) is 3.35. The van der Waals surface area contributed by atoms with Crippen molar-refractivity contribution in [1.82, 2.24) is 14.3 Å². The Hall–Kier alpha value is -2.95. The Kier molecular flexibility index (Phi) is 6.45. The zero-order valence-electron chi connectivity index (χ0n) is 17.6. The Balaban J connectivity index is 1.79. The number of aliphatic hydroxyl groups is 1. The van der Waals surface area contributed by atoms with E-state index in [0.29, 0.717) is 32.9 Å². The van der Waals surface area contributed by atoms with Crippen LogP contribution in [0.1, 0.15) is 30.2 Å².